The first-order chi connectivity index (χ1) is 15.2. The maximum Gasteiger partial charge on any atom is 0.490 e. The zero-order valence-corrected chi connectivity index (χ0v) is 18.3. The molecule has 6 atom stereocenters. The molecule has 1 aromatic rings. The van der Waals surface area contributed by atoms with Gasteiger partial charge in [0.2, 0.25) is 11.5 Å². The van der Waals surface area contributed by atoms with Gasteiger partial charge in [-0.15, -0.1) is 0 Å². The average molecular weight is 545 g/mol. The molecule has 8 N–H and O–H groups in total. The molecule has 0 amide bonds. The molecule has 0 aromatic carbocycles. The van der Waals surface area contributed by atoms with Gasteiger partial charge in [0.05, 0.1) is 9.30 Å². The number of phosphoric acid groups is 3. The summed E-state index contributed by atoms with van der Waals surface area (Å²) in [6, 6.07) is 0. The molecular weight excluding hydrogens is 528 g/mol. The van der Waals surface area contributed by atoms with Crippen molar-refractivity contribution in [2.45, 2.75) is 24.0 Å². The standard InChI is InChI=1S/C10H14ClN4O14P3/c11-2-1-10(18)6(16)5(27-7(10)15-4-13-8(12)14-9(15)17)3-26-31(22,23)29-32(24,25)28-30(19,20)21/h4-7,16,18H,3H2,(H,22,23)(H,24,25)(H2,12,14,17)(H2,19,20,21)/t5-,6+,7-,10?/m1/s1/i3D2. The lowest BCUT2D eigenvalue weighted by molar-refractivity contribution is -0.0766. The van der Waals surface area contributed by atoms with E-state index in [0.29, 0.717) is 10.9 Å². The molecule has 1 aliphatic heterocycles. The fraction of sp³-hybridized carbons (Fsp3) is 0.500. The number of phosphoric ester groups is 1. The summed E-state index contributed by atoms with van der Waals surface area (Å²) >= 11 is 5.26. The fourth-order valence-electron chi connectivity index (χ4n) is 2.21. The van der Waals surface area contributed by atoms with Gasteiger partial charge in [-0.2, -0.15) is 13.6 Å². The number of aliphatic hydroxyl groups excluding tert-OH is 1. The monoisotopic (exact) mass is 544 g/mol. The fourth-order valence-corrected chi connectivity index (χ4v) is 5.23. The van der Waals surface area contributed by atoms with E-state index in [2.05, 4.69) is 23.1 Å². The van der Waals surface area contributed by atoms with Crippen LogP contribution in [0.3, 0.4) is 0 Å². The summed E-state index contributed by atoms with van der Waals surface area (Å²) < 4.78 is 66.1. The molecule has 1 aliphatic rings. The number of hydrogen-bond acceptors (Lipinski definition) is 13. The molecule has 22 heteroatoms. The van der Waals surface area contributed by atoms with Crippen LogP contribution >= 0.6 is 35.1 Å². The van der Waals surface area contributed by atoms with Crippen LogP contribution in [-0.4, -0.2) is 68.7 Å². The van der Waals surface area contributed by atoms with Crippen molar-refractivity contribution in [2.24, 2.45) is 0 Å². The lowest BCUT2D eigenvalue weighted by Gasteiger charge is -2.25. The number of aromatic nitrogens is 3. The first kappa shape index (κ1) is 23.9. The minimum absolute atomic E-state index is 0.404. The number of halogens is 1. The van der Waals surface area contributed by atoms with Crippen molar-refractivity contribution in [3.8, 4) is 11.3 Å². The van der Waals surface area contributed by atoms with Gasteiger partial charge in [0, 0.05) is 5.38 Å². The molecule has 1 saturated heterocycles. The van der Waals surface area contributed by atoms with Crippen LogP contribution in [0.2, 0.25) is 0 Å². The SMILES string of the molecule is [2H]C([2H])(OP(=O)(O)OP(=O)(O)OP(=O)(O)O)[C@H]1O[C@@H](n2cnc(N)nc2=O)C(O)(C#CCl)[C@H]1O. The van der Waals surface area contributed by atoms with Crippen LogP contribution in [0.4, 0.5) is 5.95 Å². The van der Waals surface area contributed by atoms with Gasteiger partial charge in [-0.05, 0) is 17.5 Å². The second-order valence-electron chi connectivity index (χ2n) is 5.60. The molecular formula is C10H14ClN4O14P3. The lowest BCUT2D eigenvalue weighted by Crippen LogP contribution is -2.48. The molecule has 18 nitrogen and oxygen atoms in total. The van der Waals surface area contributed by atoms with Crippen LogP contribution in [0.1, 0.15) is 8.97 Å². The summed E-state index contributed by atoms with van der Waals surface area (Å²) in [4.78, 5) is 54.6. The molecule has 2 rings (SSSR count). The van der Waals surface area contributed by atoms with Crippen molar-refractivity contribution in [3.05, 3.63) is 16.8 Å². The zero-order chi connectivity index (χ0) is 26.3. The van der Waals surface area contributed by atoms with E-state index in [0.717, 1.165) is 0 Å². The molecule has 32 heavy (non-hydrogen) atoms. The van der Waals surface area contributed by atoms with Crippen LogP contribution in [0.25, 0.3) is 0 Å². The van der Waals surface area contributed by atoms with Gasteiger partial charge in [0.1, 0.15) is 18.5 Å². The highest BCUT2D eigenvalue weighted by Gasteiger charge is 2.57. The van der Waals surface area contributed by atoms with Crippen LogP contribution in [0, 0.1) is 11.3 Å². The van der Waals surface area contributed by atoms with Crippen LogP contribution in [-0.2, 0) is 31.6 Å². The Labute approximate surface area is 184 Å². The van der Waals surface area contributed by atoms with Gasteiger partial charge < -0.3 is 40.3 Å². The van der Waals surface area contributed by atoms with Crippen molar-refractivity contribution in [1.29, 1.82) is 0 Å². The van der Waals surface area contributed by atoms with Crippen LogP contribution in [0.5, 0.6) is 0 Å². The van der Waals surface area contributed by atoms with Gasteiger partial charge >= 0.3 is 29.2 Å². The Morgan fingerprint density at radius 1 is 1.31 bits per heavy atom. The van der Waals surface area contributed by atoms with E-state index in [-0.39, 0.29) is 0 Å². The Morgan fingerprint density at radius 3 is 2.47 bits per heavy atom. The van der Waals surface area contributed by atoms with Gasteiger partial charge in [0.15, 0.2) is 6.23 Å². The summed E-state index contributed by atoms with van der Waals surface area (Å²) in [6.45, 7) is -3.71. The van der Waals surface area contributed by atoms with Crippen molar-refractivity contribution in [3.63, 3.8) is 0 Å². The number of nitrogen functional groups attached to an aromatic ring is 1. The number of rotatable bonds is 8. The number of anilines is 1. The quantitative estimate of drug-likeness (QED) is 0.134. The first-order valence-electron chi connectivity index (χ1n) is 8.47. The first-order valence-corrected chi connectivity index (χ1v) is 12.4. The maximum atomic E-state index is 12.1. The highest BCUT2D eigenvalue weighted by atomic mass is 35.5. The Morgan fingerprint density at radius 2 is 1.94 bits per heavy atom. The van der Waals surface area contributed by atoms with Crippen molar-refractivity contribution < 1.29 is 64.1 Å². The largest absolute Gasteiger partial charge is 0.490 e. The number of nitrogens with two attached hydrogens (primary N) is 1. The molecule has 0 aliphatic carbocycles. The third-order valence-electron chi connectivity index (χ3n) is 3.34. The summed E-state index contributed by atoms with van der Waals surface area (Å²) in [6.07, 6.45) is -6.46. The molecule has 0 spiro atoms. The van der Waals surface area contributed by atoms with E-state index < -0.39 is 65.7 Å². The third-order valence-corrected chi connectivity index (χ3v) is 7.09. The van der Waals surface area contributed by atoms with Crippen LogP contribution in [0.15, 0.2) is 11.1 Å². The number of nitrogens with zero attached hydrogens (tertiary/aromatic N) is 3. The Bertz CT molecular complexity index is 1220. The normalized spacial score (nSPS) is 30.9. The number of aliphatic hydroxyl groups is 2. The molecule has 3 unspecified atom stereocenters. The van der Waals surface area contributed by atoms with E-state index in [1.165, 1.54) is 0 Å². The Kier molecular flexibility index (Phi) is 7.13. The summed E-state index contributed by atoms with van der Waals surface area (Å²) in [5, 5.41) is 22.9. The second-order valence-corrected chi connectivity index (χ2v) is 10.1. The van der Waals surface area contributed by atoms with Crippen molar-refractivity contribution in [1.82, 2.24) is 14.5 Å². The van der Waals surface area contributed by atoms with E-state index in [1.807, 2.05) is 5.92 Å². The van der Waals surface area contributed by atoms with Gasteiger partial charge in [-0.25, -0.2) is 23.5 Å². The van der Waals surface area contributed by atoms with E-state index in [1.54, 1.807) is 5.38 Å². The number of hydrogen-bond donors (Lipinski definition) is 7. The number of ether oxygens (including phenoxy) is 1. The summed E-state index contributed by atoms with van der Waals surface area (Å²) in [7, 11) is -17.8. The third kappa shape index (κ3) is 6.64. The Hall–Kier alpha value is -1.25. The zero-order valence-electron chi connectivity index (χ0n) is 16.9. The second kappa shape index (κ2) is 9.55. The summed E-state index contributed by atoms with van der Waals surface area (Å²) in [5.74, 6) is 1.36. The molecule has 1 aromatic heterocycles. The maximum absolute atomic E-state index is 12.1. The van der Waals surface area contributed by atoms with Crippen molar-refractivity contribution in [2.75, 3.05) is 12.3 Å². The minimum Gasteiger partial charge on any atom is -0.386 e. The topological polar surface area (TPSA) is 283 Å². The highest BCUT2D eigenvalue weighted by molar-refractivity contribution is 7.66. The average Bonchev–Trinajstić information content (AvgIpc) is 2.83. The van der Waals surface area contributed by atoms with Gasteiger partial charge in [0.25, 0.3) is 0 Å². The molecule has 2 heterocycles. The molecule has 1 fully saturated rings. The van der Waals surface area contributed by atoms with Gasteiger partial charge in [-0.1, -0.05) is 0 Å². The van der Waals surface area contributed by atoms with E-state index in [9.17, 15) is 33.6 Å². The van der Waals surface area contributed by atoms with Gasteiger partial charge in [-0.3, -0.25) is 9.09 Å². The lowest BCUT2D eigenvalue weighted by atomic mass is 9.95. The predicted molar refractivity (Wildman–Crippen MR) is 99.0 cm³/mol. The van der Waals surface area contributed by atoms with Crippen LogP contribution < -0.4 is 11.4 Å². The predicted octanol–water partition coefficient (Wildman–Crippen LogP) is -2.25. The molecule has 180 valence electrons. The van der Waals surface area contributed by atoms with Crippen molar-refractivity contribution >= 4 is 41.0 Å². The molecule has 0 bridgehead atoms. The van der Waals surface area contributed by atoms with E-state index >= 15 is 0 Å². The highest BCUT2D eigenvalue weighted by Crippen LogP contribution is 2.66. The minimum atomic E-state index is -6.07. The van der Waals surface area contributed by atoms with E-state index in [4.69, 9.17) is 39.5 Å². The smallest absolute Gasteiger partial charge is 0.386 e. The summed E-state index contributed by atoms with van der Waals surface area (Å²) in [5.41, 5.74) is 1.11. The molecule has 0 radical (unpaired) electrons. The molecule has 0 saturated carbocycles. The Balaban J connectivity index is 2.40.